The maximum Gasteiger partial charge on any atom is 0.262 e. The molecule has 3 aromatic rings. The van der Waals surface area contributed by atoms with Gasteiger partial charge in [0.15, 0.2) is 0 Å². The zero-order valence-electron chi connectivity index (χ0n) is 19.8. The fourth-order valence-corrected chi connectivity index (χ4v) is 3.99. The summed E-state index contributed by atoms with van der Waals surface area (Å²) >= 11 is 0. The van der Waals surface area contributed by atoms with Gasteiger partial charge in [0.2, 0.25) is 0 Å². The smallest absolute Gasteiger partial charge is 0.262 e. The summed E-state index contributed by atoms with van der Waals surface area (Å²) in [6, 6.07) is 20.3. The van der Waals surface area contributed by atoms with Crippen LogP contribution >= 0.6 is 0 Å². The normalized spacial score (nSPS) is 14.9. The van der Waals surface area contributed by atoms with Crippen molar-refractivity contribution in [1.82, 2.24) is 9.91 Å². The van der Waals surface area contributed by atoms with Crippen molar-refractivity contribution in [2.75, 3.05) is 27.8 Å². The van der Waals surface area contributed by atoms with Crippen molar-refractivity contribution < 1.29 is 23.5 Å². The lowest BCUT2D eigenvalue weighted by molar-refractivity contribution is -0.133. The fraction of sp³-hybridized carbons (Fsp3) is 0.222. The molecule has 180 valence electrons. The number of rotatable bonds is 7. The van der Waals surface area contributed by atoms with Gasteiger partial charge in [-0.15, -0.1) is 0 Å². The molecule has 1 aliphatic heterocycles. The van der Waals surface area contributed by atoms with Crippen molar-refractivity contribution in [3.05, 3.63) is 95.3 Å². The molecule has 1 heterocycles. The molecular weight excluding hydrogens is 449 g/mol. The highest BCUT2D eigenvalue weighted by Crippen LogP contribution is 2.34. The van der Waals surface area contributed by atoms with Gasteiger partial charge in [-0.25, -0.2) is 9.40 Å². The Morgan fingerprint density at radius 2 is 1.71 bits per heavy atom. The second-order valence-electron chi connectivity index (χ2n) is 8.15. The molecule has 35 heavy (non-hydrogen) atoms. The van der Waals surface area contributed by atoms with Gasteiger partial charge in [-0.1, -0.05) is 36.4 Å². The average Bonchev–Trinajstić information content (AvgIpc) is 3.34. The summed E-state index contributed by atoms with van der Waals surface area (Å²) in [5, 5.41) is 6.04. The second-order valence-corrected chi connectivity index (χ2v) is 8.15. The summed E-state index contributed by atoms with van der Waals surface area (Å²) in [7, 11) is 4.65. The molecule has 0 N–H and O–H groups in total. The molecule has 1 aliphatic rings. The number of hydrogen-bond donors (Lipinski definition) is 0. The number of halogens is 1. The third kappa shape index (κ3) is 5.16. The Hall–Kier alpha value is -4.20. The number of nitrogens with zero attached hydrogens (tertiary/aromatic N) is 3. The first-order chi connectivity index (χ1) is 16.9. The molecular formula is C27H26FN3O4. The molecule has 0 bridgehead atoms. The van der Waals surface area contributed by atoms with Gasteiger partial charge in [-0.3, -0.25) is 9.59 Å². The zero-order chi connectivity index (χ0) is 24.9. The van der Waals surface area contributed by atoms with E-state index in [2.05, 4.69) is 5.10 Å². The molecule has 1 unspecified atom stereocenters. The van der Waals surface area contributed by atoms with Crippen molar-refractivity contribution in [2.24, 2.45) is 5.10 Å². The standard InChI is InChI=1S/C27H26FN3O4/c1-30(27(33)22-9-4-5-10-23(22)28)17-26(32)31-25(18-11-13-20(34-2)14-12-18)16-24(29-31)19-7-6-8-21(15-19)35-3/h4-15,25H,16-17H2,1-3H3. The van der Waals surface area contributed by atoms with Gasteiger partial charge in [0, 0.05) is 19.0 Å². The van der Waals surface area contributed by atoms with E-state index in [0.717, 1.165) is 16.8 Å². The first-order valence-corrected chi connectivity index (χ1v) is 11.1. The van der Waals surface area contributed by atoms with E-state index in [1.54, 1.807) is 20.3 Å². The minimum absolute atomic E-state index is 0.0866. The van der Waals surface area contributed by atoms with E-state index in [4.69, 9.17) is 9.47 Å². The highest BCUT2D eigenvalue weighted by Gasteiger charge is 2.34. The Bertz CT molecular complexity index is 1260. The van der Waals surface area contributed by atoms with Gasteiger partial charge in [-0.05, 0) is 42.0 Å². The van der Waals surface area contributed by atoms with Gasteiger partial charge < -0.3 is 14.4 Å². The number of ether oxygens (including phenoxy) is 2. The number of carbonyl (C=O) groups is 2. The van der Waals surface area contributed by atoms with Crippen LogP contribution in [0.3, 0.4) is 0 Å². The maximum absolute atomic E-state index is 14.1. The van der Waals surface area contributed by atoms with E-state index in [1.807, 2.05) is 48.5 Å². The van der Waals surface area contributed by atoms with E-state index in [1.165, 1.54) is 35.2 Å². The SMILES string of the molecule is COc1ccc(C2CC(c3cccc(OC)c3)=NN2C(=O)CN(C)C(=O)c2ccccc2F)cc1. The van der Waals surface area contributed by atoms with E-state index >= 15 is 0 Å². The van der Waals surface area contributed by atoms with Gasteiger partial charge in [0.05, 0.1) is 31.5 Å². The van der Waals surface area contributed by atoms with Crippen LogP contribution in [0.25, 0.3) is 0 Å². The molecule has 0 spiro atoms. The summed E-state index contributed by atoms with van der Waals surface area (Å²) in [5.41, 5.74) is 2.36. The topological polar surface area (TPSA) is 71.4 Å². The number of amides is 2. The lowest BCUT2D eigenvalue weighted by atomic mass is 9.98. The summed E-state index contributed by atoms with van der Waals surface area (Å²) in [6.45, 7) is -0.255. The van der Waals surface area contributed by atoms with Crippen LogP contribution in [0.1, 0.15) is 33.9 Å². The maximum atomic E-state index is 14.1. The quantitative estimate of drug-likeness (QED) is 0.511. The van der Waals surface area contributed by atoms with Crippen LogP contribution in [0.2, 0.25) is 0 Å². The van der Waals surface area contributed by atoms with Gasteiger partial charge >= 0.3 is 0 Å². The molecule has 7 nitrogen and oxygen atoms in total. The summed E-state index contributed by atoms with van der Waals surface area (Å²) in [5.74, 6) is -0.197. The molecule has 1 atom stereocenters. The molecule has 0 aromatic heterocycles. The Labute approximate surface area is 203 Å². The average molecular weight is 476 g/mol. The highest BCUT2D eigenvalue weighted by atomic mass is 19.1. The molecule has 0 fully saturated rings. The molecule has 0 saturated carbocycles. The van der Waals surface area contributed by atoms with Crippen LogP contribution in [-0.2, 0) is 4.79 Å². The van der Waals surface area contributed by atoms with E-state index in [0.29, 0.717) is 17.9 Å². The Morgan fingerprint density at radius 3 is 2.40 bits per heavy atom. The third-order valence-corrected chi connectivity index (χ3v) is 5.89. The summed E-state index contributed by atoms with van der Waals surface area (Å²) in [4.78, 5) is 27.3. The van der Waals surface area contributed by atoms with Crippen molar-refractivity contribution in [2.45, 2.75) is 12.5 Å². The first-order valence-electron chi connectivity index (χ1n) is 11.1. The van der Waals surface area contributed by atoms with Crippen molar-refractivity contribution in [1.29, 1.82) is 0 Å². The van der Waals surface area contributed by atoms with Crippen molar-refractivity contribution in [3.8, 4) is 11.5 Å². The minimum Gasteiger partial charge on any atom is -0.497 e. The molecule has 8 heteroatoms. The van der Waals surface area contributed by atoms with E-state index in [9.17, 15) is 14.0 Å². The summed E-state index contributed by atoms with van der Waals surface area (Å²) < 4.78 is 24.7. The molecule has 2 amide bonds. The largest absolute Gasteiger partial charge is 0.497 e. The lowest BCUT2D eigenvalue weighted by Gasteiger charge is -2.25. The molecule has 3 aromatic carbocycles. The van der Waals surface area contributed by atoms with Crippen LogP contribution in [0.15, 0.2) is 77.9 Å². The zero-order valence-corrected chi connectivity index (χ0v) is 19.8. The van der Waals surface area contributed by atoms with Gasteiger partial charge in [0.25, 0.3) is 11.8 Å². The molecule has 0 aliphatic carbocycles. The van der Waals surface area contributed by atoms with Crippen molar-refractivity contribution >= 4 is 17.5 Å². The van der Waals surface area contributed by atoms with E-state index in [-0.39, 0.29) is 24.1 Å². The number of benzene rings is 3. The molecule has 0 saturated heterocycles. The van der Waals surface area contributed by atoms with Gasteiger partial charge in [-0.2, -0.15) is 5.10 Å². The predicted octanol–water partition coefficient (Wildman–Crippen LogP) is 4.29. The predicted molar refractivity (Wildman–Crippen MR) is 130 cm³/mol. The monoisotopic (exact) mass is 475 g/mol. The number of hydrazone groups is 1. The molecule has 0 radical (unpaired) electrons. The van der Waals surface area contributed by atoms with Crippen LogP contribution in [-0.4, -0.2) is 55.2 Å². The lowest BCUT2D eigenvalue weighted by Crippen LogP contribution is -2.39. The molecule has 4 rings (SSSR count). The first kappa shape index (κ1) is 23.9. The number of likely N-dealkylation sites (N-methyl/N-ethyl adjacent to an activating group) is 1. The number of hydrogen-bond acceptors (Lipinski definition) is 5. The Balaban J connectivity index is 1.61. The second kappa shape index (κ2) is 10.4. The van der Waals surface area contributed by atoms with Crippen LogP contribution in [0, 0.1) is 5.82 Å². The Morgan fingerprint density at radius 1 is 1.00 bits per heavy atom. The minimum atomic E-state index is -0.632. The number of methoxy groups -OCH3 is 2. The summed E-state index contributed by atoms with van der Waals surface area (Å²) in [6.07, 6.45) is 0.482. The fourth-order valence-electron chi connectivity index (χ4n) is 3.99. The van der Waals surface area contributed by atoms with E-state index < -0.39 is 11.7 Å². The van der Waals surface area contributed by atoms with Crippen molar-refractivity contribution in [3.63, 3.8) is 0 Å². The van der Waals surface area contributed by atoms with Gasteiger partial charge in [0.1, 0.15) is 23.9 Å². The van der Waals surface area contributed by atoms with Crippen LogP contribution in [0.5, 0.6) is 11.5 Å². The number of carbonyl (C=O) groups excluding carboxylic acids is 2. The third-order valence-electron chi connectivity index (χ3n) is 5.89. The Kier molecular flexibility index (Phi) is 7.10. The van der Waals surface area contributed by atoms with Crippen LogP contribution in [0.4, 0.5) is 4.39 Å². The van der Waals surface area contributed by atoms with Crippen LogP contribution < -0.4 is 9.47 Å². The highest BCUT2D eigenvalue weighted by molar-refractivity contribution is 6.04.